The Labute approximate surface area is 225 Å². The van der Waals surface area contributed by atoms with Gasteiger partial charge in [0, 0.05) is 13.0 Å². The van der Waals surface area contributed by atoms with Gasteiger partial charge >= 0.3 is 6.09 Å². The van der Waals surface area contributed by atoms with Crippen LogP contribution in [0.25, 0.3) is 0 Å². The Kier molecular flexibility index (Phi) is 11.4. The third kappa shape index (κ3) is 10.1. The van der Waals surface area contributed by atoms with Crippen LogP contribution in [0.2, 0.25) is 0 Å². The van der Waals surface area contributed by atoms with Gasteiger partial charge < -0.3 is 20.7 Å². The lowest BCUT2D eigenvalue weighted by Gasteiger charge is -2.24. The van der Waals surface area contributed by atoms with Gasteiger partial charge in [-0.1, -0.05) is 105 Å². The molecule has 3 aromatic rings. The van der Waals surface area contributed by atoms with E-state index < -0.39 is 24.1 Å². The zero-order valence-electron chi connectivity index (χ0n) is 22.1. The summed E-state index contributed by atoms with van der Waals surface area (Å²) in [5.74, 6) is -0.560. The highest BCUT2D eigenvalue weighted by Crippen LogP contribution is 2.09. The first-order valence-corrected chi connectivity index (χ1v) is 13.0. The van der Waals surface area contributed by atoms with Crippen molar-refractivity contribution in [3.63, 3.8) is 0 Å². The Morgan fingerprint density at radius 3 is 1.82 bits per heavy atom. The third-order valence-corrected chi connectivity index (χ3v) is 6.00. The quantitative estimate of drug-likeness (QED) is 0.314. The van der Waals surface area contributed by atoms with Gasteiger partial charge in [-0.2, -0.15) is 0 Å². The summed E-state index contributed by atoms with van der Waals surface area (Å²) < 4.78 is 5.32. The van der Waals surface area contributed by atoms with Crippen LogP contribution in [-0.2, 0) is 33.8 Å². The van der Waals surface area contributed by atoms with Crippen molar-refractivity contribution in [2.45, 2.75) is 51.8 Å². The maximum atomic E-state index is 13.3. The third-order valence-electron chi connectivity index (χ3n) is 6.00. The predicted octanol–water partition coefficient (Wildman–Crippen LogP) is 4.41. The second kappa shape index (κ2) is 15.2. The molecule has 0 spiro atoms. The number of amides is 3. The predicted molar refractivity (Wildman–Crippen MR) is 148 cm³/mol. The topological polar surface area (TPSA) is 96.5 Å². The number of hydrogen-bond donors (Lipinski definition) is 3. The van der Waals surface area contributed by atoms with Crippen LogP contribution in [0.4, 0.5) is 4.79 Å². The summed E-state index contributed by atoms with van der Waals surface area (Å²) >= 11 is 0. The molecule has 0 saturated carbocycles. The van der Waals surface area contributed by atoms with Gasteiger partial charge in [0.25, 0.3) is 0 Å². The van der Waals surface area contributed by atoms with E-state index in [4.69, 9.17) is 4.74 Å². The van der Waals surface area contributed by atoms with Crippen molar-refractivity contribution in [1.29, 1.82) is 0 Å². The van der Waals surface area contributed by atoms with Gasteiger partial charge in [0.1, 0.15) is 18.7 Å². The molecule has 0 heterocycles. The van der Waals surface area contributed by atoms with Crippen LogP contribution in [0.3, 0.4) is 0 Å². The summed E-state index contributed by atoms with van der Waals surface area (Å²) in [6.07, 6.45) is 0.737. The van der Waals surface area contributed by atoms with Crippen molar-refractivity contribution in [2.24, 2.45) is 5.92 Å². The van der Waals surface area contributed by atoms with Gasteiger partial charge in [-0.15, -0.1) is 0 Å². The molecular weight excluding hydrogens is 478 g/mol. The molecule has 0 saturated heterocycles. The summed E-state index contributed by atoms with van der Waals surface area (Å²) in [5, 5.41) is 8.51. The molecule has 3 amide bonds. The van der Waals surface area contributed by atoms with E-state index >= 15 is 0 Å². The average Bonchev–Trinajstić information content (AvgIpc) is 2.92. The van der Waals surface area contributed by atoms with Crippen molar-refractivity contribution >= 4 is 17.9 Å². The molecule has 2 atom stereocenters. The van der Waals surface area contributed by atoms with Crippen molar-refractivity contribution in [3.05, 3.63) is 108 Å². The zero-order valence-corrected chi connectivity index (χ0v) is 22.1. The molecule has 7 nitrogen and oxygen atoms in total. The maximum absolute atomic E-state index is 13.3. The number of carbonyl (C=O) groups is 3. The van der Waals surface area contributed by atoms with Crippen LogP contribution in [0.1, 0.15) is 37.0 Å². The molecule has 0 bridgehead atoms. The number of benzene rings is 3. The van der Waals surface area contributed by atoms with E-state index in [1.54, 1.807) is 0 Å². The summed E-state index contributed by atoms with van der Waals surface area (Å²) in [4.78, 5) is 39.0. The van der Waals surface area contributed by atoms with Gasteiger partial charge in [0.05, 0.1) is 0 Å². The monoisotopic (exact) mass is 515 g/mol. The Bertz CT molecular complexity index is 1140. The highest BCUT2D eigenvalue weighted by Gasteiger charge is 2.28. The second-order valence-corrected chi connectivity index (χ2v) is 9.67. The normalized spacial score (nSPS) is 12.3. The number of rotatable bonds is 13. The molecule has 0 fully saturated rings. The summed E-state index contributed by atoms with van der Waals surface area (Å²) in [5.41, 5.74) is 2.89. The molecule has 0 radical (unpaired) electrons. The van der Waals surface area contributed by atoms with Crippen molar-refractivity contribution in [3.8, 4) is 0 Å². The number of ether oxygens (including phenoxy) is 1. The van der Waals surface area contributed by atoms with Crippen LogP contribution in [0, 0.1) is 5.92 Å². The summed E-state index contributed by atoms with van der Waals surface area (Å²) in [7, 11) is 0. The van der Waals surface area contributed by atoms with Gasteiger partial charge in [-0.25, -0.2) is 4.79 Å². The molecule has 3 N–H and O–H groups in total. The van der Waals surface area contributed by atoms with Gasteiger partial charge in [0.2, 0.25) is 11.8 Å². The fourth-order valence-corrected chi connectivity index (χ4v) is 4.04. The minimum Gasteiger partial charge on any atom is -0.445 e. The van der Waals surface area contributed by atoms with Crippen LogP contribution in [0.15, 0.2) is 91.0 Å². The first-order chi connectivity index (χ1) is 18.4. The molecule has 0 aliphatic rings. The number of nitrogens with one attached hydrogen (secondary N) is 3. The number of alkyl carbamates (subject to hydrolysis) is 1. The number of carbonyl (C=O) groups excluding carboxylic acids is 3. The highest BCUT2D eigenvalue weighted by atomic mass is 16.5. The lowest BCUT2D eigenvalue weighted by Crippen LogP contribution is -2.55. The molecular formula is C31H37N3O4. The summed E-state index contributed by atoms with van der Waals surface area (Å²) in [6, 6.07) is 27.1. The van der Waals surface area contributed by atoms with E-state index in [2.05, 4.69) is 16.0 Å². The standard InChI is InChI=1S/C31H37N3O4/c1-23(2)20-27(34-31(37)38-22-26-16-10-5-11-17-26)30(36)33-28(21-25-14-8-4-9-15-25)29(35)32-19-18-24-12-6-3-7-13-24/h3-17,23,27-28H,18-22H2,1-2H3,(H,32,35)(H,33,36)(H,34,37)/t27-,28-/m0/s1. The minimum absolute atomic E-state index is 0.100. The first kappa shape index (κ1) is 28.4. The molecule has 0 aromatic heterocycles. The van der Waals surface area contributed by atoms with E-state index in [0.717, 1.165) is 16.7 Å². The minimum atomic E-state index is -0.839. The van der Waals surface area contributed by atoms with Crippen molar-refractivity contribution in [2.75, 3.05) is 6.54 Å². The van der Waals surface area contributed by atoms with E-state index in [0.29, 0.717) is 25.8 Å². The molecule has 0 aliphatic heterocycles. The summed E-state index contributed by atoms with van der Waals surface area (Å²) in [6.45, 7) is 4.48. The maximum Gasteiger partial charge on any atom is 0.408 e. The second-order valence-electron chi connectivity index (χ2n) is 9.67. The Morgan fingerprint density at radius 1 is 0.684 bits per heavy atom. The molecule has 38 heavy (non-hydrogen) atoms. The molecule has 0 unspecified atom stereocenters. The largest absolute Gasteiger partial charge is 0.445 e. The first-order valence-electron chi connectivity index (χ1n) is 13.0. The van der Waals surface area contributed by atoms with E-state index in [9.17, 15) is 14.4 Å². The van der Waals surface area contributed by atoms with Crippen LogP contribution >= 0.6 is 0 Å². The fourth-order valence-electron chi connectivity index (χ4n) is 4.04. The van der Waals surface area contributed by atoms with Crippen LogP contribution in [-0.4, -0.2) is 36.5 Å². The van der Waals surface area contributed by atoms with Gasteiger partial charge in [-0.05, 0) is 35.4 Å². The SMILES string of the molecule is CC(C)C[C@H](NC(=O)OCc1ccccc1)C(=O)N[C@@H](Cc1ccccc1)C(=O)NCCc1ccccc1. The zero-order chi connectivity index (χ0) is 27.2. The lowest BCUT2D eigenvalue weighted by atomic mass is 10.0. The Hall–Kier alpha value is -4.13. The molecule has 7 heteroatoms. The smallest absolute Gasteiger partial charge is 0.408 e. The van der Waals surface area contributed by atoms with Gasteiger partial charge in [0.15, 0.2) is 0 Å². The van der Waals surface area contributed by atoms with Crippen LogP contribution in [0.5, 0.6) is 0 Å². The number of hydrogen-bond acceptors (Lipinski definition) is 4. The van der Waals surface area contributed by atoms with E-state index in [-0.39, 0.29) is 18.4 Å². The molecule has 3 aromatic carbocycles. The van der Waals surface area contributed by atoms with Crippen molar-refractivity contribution < 1.29 is 19.1 Å². The van der Waals surface area contributed by atoms with E-state index in [1.165, 1.54) is 0 Å². The van der Waals surface area contributed by atoms with Crippen LogP contribution < -0.4 is 16.0 Å². The Morgan fingerprint density at radius 2 is 1.24 bits per heavy atom. The van der Waals surface area contributed by atoms with Gasteiger partial charge in [-0.3, -0.25) is 9.59 Å². The van der Waals surface area contributed by atoms with E-state index in [1.807, 2.05) is 105 Å². The Balaban J connectivity index is 1.63. The molecule has 3 rings (SSSR count). The fraction of sp³-hybridized carbons (Fsp3) is 0.323. The van der Waals surface area contributed by atoms with Crippen molar-refractivity contribution in [1.82, 2.24) is 16.0 Å². The highest BCUT2D eigenvalue weighted by molar-refractivity contribution is 5.91. The molecule has 200 valence electrons. The lowest BCUT2D eigenvalue weighted by molar-refractivity contribution is -0.130. The molecule has 0 aliphatic carbocycles. The average molecular weight is 516 g/mol.